The Morgan fingerprint density at radius 2 is 2.00 bits per heavy atom. The predicted octanol–water partition coefficient (Wildman–Crippen LogP) is 0.598. The molecule has 0 saturated heterocycles. The van der Waals surface area contributed by atoms with E-state index in [0.717, 1.165) is 16.7 Å². The Balaban J connectivity index is 1.92. The molecule has 118 valence electrons. The number of nitrogens with zero attached hydrogens (tertiary/aromatic N) is 7. The van der Waals surface area contributed by atoms with Gasteiger partial charge in [0.05, 0.1) is 11.9 Å². The third kappa shape index (κ3) is 2.11. The van der Waals surface area contributed by atoms with Crippen LogP contribution in [0.4, 0.5) is 5.95 Å². The third-order valence-corrected chi connectivity index (χ3v) is 3.29. The van der Waals surface area contributed by atoms with Crippen LogP contribution in [0.5, 0.6) is 0 Å². The van der Waals surface area contributed by atoms with Crippen LogP contribution in [0.25, 0.3) is 22.7 Å². The number of benzene rings is 1. The number of nitro groups is 1. The molecule has 0 saturated carbocycles. The summed E-state index contributed by atoms with van der Waals surface area (Å²) in [7, 11) is 0. The van der Waals surface area contributed by atoms with Gasteiger partial charge in [0.2, 0.25) is 12.3 Å². The van der Waals surface area contributed by atoms with E-state index in [2.05, 4.69) is 25.1 Å². The summed E-state index contributed by atoms with van der Waals surface area (Å²) >= 11 is 0. The topological polar surface area (TPSA) is 137 Å². The molecule has 4 aromatic rings. The quantitative estimate of drug-likeness (QED) is 0.430. The first-order valence-electron chi connectivity index (χ1n) is 6.73. The molecule has 0 fully saturated rings. The molecule has 0 aliphatic rings. The maximum atomic E-state index is 12.2. The van der Waals surface area contributed by atoms with Crippen molar-refractivity contribution in [3.05, 3.63) is 63.3 Å². The van der Waals surface area contributed by atoms with Crippen molar-refractivity contribution in [2.75, 3.05) is 0 Å². The highest BCUT2D eigenvalue weighted by Crippen LogP contribution is 2.14. The zero-order valence-corrected chi connectivity index (χ0v) is 11.9. The average Bonchev–Trinajstić information content (AvgIpc) is 3.23. The van der Waals surface area contributed by atoms with Gasteiger partial charge in [-0.25, -0.2) is 4.68 Å². The number of aromatic amines is 1. The third-order valence-electron chi connectivity index (χ3n) is 3.29. The van der Waals surface area contributed by atoms with Gasteiger partial charge in [-0.2, -0.15) is 10.1 Å². The minimum atomic E-state index is -0.735. The van der Waals surface area contributed by atoms with Crippen molar-refractivity contribution < 1.29 is 4.92 Å². The molecule has 3 aromatic heterocycles. The molecule has 11 heteroatoms. The molecule has 24 heavy (non-hydrogen) atoms. The molecule has 1 aromatic carbocycles. The van der Waals surface area contributed by atoms with Gasteiger partial charge in [0.15, 0.2) is 5.65 Å². The van der Waals surface area contributed by atoms with Gasteiger partial charge in [-0.3, -0.25) is 9.78 Å². The van der Waals surface area contributed by atoms with E-state index in [1.165, 1.54) is 10.9 Å². The summed E-state index contributed by atoms with van der Waals surface area (Å²) < 4.78 is 2.53. The number of aromatic nitrogens is 7. The Labute approximate surface area is 132 Å². The first-order valence-corrected chi connectivity index (χ1v) is 6.73. The Morgan fingerprint density at radius 1 is 1.21 bits per heavy atom. The zero-order chi connectivity index (χ0) is 16.7. The van der Waals surface area contributed by atoms with Crippen LogP contribution < -0.4 is 5.56 Å². The van der Waals surface area contributed by atoms with Gasteiger partial charge in [0.25, 0.3) is 5.56 Å². The standard InChI is InChI=1S/C13H8N8O3/c22-11-9-6-15-20(8-4-2-1-3-5-8)10(9)16-13(17-11)19-7-14-12(18-19)21(23)24/h1-7H,(H,16,17,22). The van der Waals surface area contributed by atoms with Gasteiger partial charge in [-0.05, 0) is 17.1 Å². The maximum Gasteiger partial charge on any atom is 0.491 e. The van der Waals surface area contributed by atoms with Gasteiger partial charge < -0.3 is 10.1 Å². The molecular weight excluding hydrogens is 316 g/mol. The highest BCUT2D eigenvalue weighted by molar-refractivity contribution is 5.75. The summed E-state index contributed by atoms with van der Waals surface area (Å²) in [6.45, 7) is 0. The minimum Gasteiger partial charge on any atom is -0.390 e. The summed E-state index contributed by atoms with van der Waals surface area (Å²) in [5.74, 6) is -0.583. The largest absolute Gasteiger partial charge is 0.491 e. The molecule has 0 radical (unpaired) electrons. The molecule has 0 atom stereocenters. The van der Waals surface area contributed by atoms with Crippen molar-refractivity contribution in [2.45, 2.75) is 0 Å². The van der Waals surface area contributed by atoms with Gasteiger partial charge in [0, 0.05) is 5.10 Å². The Bertz CT molecular complexity index is 1110. The molecule has 0 aliphatic heterocycles. The van der Waals surface area contributed by atoms with Crippen LogP contribution in [-0.4, -0.2) is 39.4 Å². The predicted molar refractivity (Wildman–Crippen MR) is 81.1 cm³/mol. The van der Waals surface area contributed by atoms with Crippen molar-refractivity contribution in [2.24, 2.45) is 0 Å². The van der Waals surface area contributed by atoms with Crippen molar-refractivity contribution in [3.63, 3.8) is 0 Å². The van der Waals surface area contributed by atoms with Crippen LogP contribution >= 0.6 is 0 Å². The van der Waals surface area contributed by atoms with E-state index >= 15 is 0 Å². The van der Waals surface area contributed by atoms with Gasteiger partial charge in [0.1, 0.15) is 5.39 Å². The van der Waals surface area contributed by atoms with E-state index in [9.17, 15) is 14.9 Å². The summed E-state index contributed by atoms with van der Waals surface area (Å²) in [4.78, 5) is 32.5. The number of hydrogen-bond donors (Lipinski definition) is 1. The first kappa shape index (κ1) is 13.8. The first-order chi connectivity index (χ1) is 11.6. The fraction of sp³-hybridized carbons (Fsp3) is 0. The van der Waals surface area contributed by atoms with Gasteiger partial charge in [-0.1, -0.05) is 23.2 Å². The lowest BCUT2D eigenvalue weighted by Crippen LogP contribution is -2.14. The summed E-state index contributed by atoms with van der Waals surface area (Å²) in [6, 6.07) is 9.15. The normalized spacial score (nSPS) is 11.0. The van der Waals surface area contributed by atoms with Gasteiger partial charge in [-0.15, -0.1) is 4.68 Å². The van der Waals surface area contributed by atoms with E-state index < -0.39 is 16.4 Å². The number of fused-ring (bicyclic) bond motifs is 1. The van der Waals surface area contributed by atoms with E-state index in [1.807, 2.05) is 30.3 Å². The lowest BCUT2D eigenvalue weighted by molar-refractivity contribution is -0.394. The second-order valence-corrected chi connectivity index (χ2v) is 4.76. The zero-order valence-electron chi connectivity index (χ0n) is 11.9. The molecule has 3 heterocycles. The second kappa shape index (κ2) is 5.08. The number of para-hydroxylation sites is 1. The van der Waals surface area contributed by atoms with Gasteiger partial charge >= 0.3 is 5.95 Å². The molecule has 0 spiro atoms. The highest BCUT2D eigenvalue weighted by Gasteiger charge is 2.18. The Morgan fingerprint density at radius 3 is 2.71 bits per heavy atom. The molecule has 4 rings (SSSR count). The van der Waals surface area contributed by atoms with Crippen molar-refractivity contribution in [1.82, 2.24) is 34.5 Å². The summed E-state index contributed by atoms with van der Waals surface area (Å²) in [5.41, 5.74) is 0.592. The van der Waals surface area contributed by atoms with Crippen LogP contribution in [0, 0.1) is 10.1 Å². The van der Waals surface area contributed by atoms with E-state index in [-0.39, 0.29) is 11.3 Å². The van der Waals surface area contributed by atoms with Crippen LogP contribution in [0.1, 0.15) is 0 Å². The highest BCUT2D eigenvalue weighted by atomic mass is 16.6. The molecule has 11 nitrogen and oxygen atoms in total. The van der Waals surface area contributed by atoms with Crippen LogP contribution in [0.3, 0.4) is 0 Å². The minimum absolute atomic E-state index is 0.00535. The van der Waals surface area contributed by atoms with E-state index in [4.69, 9.17) is 0 Å². The fourth-order valence-electron chi connectivity index (χ4n) is 2.21. The monoisotopic (exact) mass is 324 g/mol. The number of nitrogens with one attached hydrogen (secondary N) is 1. The number of hydrogen-bond acceptors (Lipinski definition) is 7. The van der Waals surface area contributed by atoms with Crippen LogP contribution in [0.15, 0.2) is 47.7 Å². The molecule has 0 aliphatic carbocycles. The summed E-state index contributed by atoms with van der Waals surface area (Å²) in [6.07, 6.45) is 2.51. The maximum absolute atomic E-state index is 12.2. The smallest absolute Gasteiger partial charge is 0.390 e. The Kier molecular flexibility index (Phi) is 2.91. The molecule has 0 bridgehead atoms. The van der Waals surface area contributed by atoms with Crippen molar-refractivity contribution >= 4 is 17.0 Å². The SMILES string of the molecule is O=c1[nH]c(-n2cnc([N+](=O)[O-])n2)nc2c1cnn2-c1ccccc1. The second-order valence-electron chi connectivity index (χ2n) is 4.76. The van der Waals surface area contributed by atoms with E-state index in [1.54, 1.807) is 0 Å². The van der Waals surface area contributed by atoms with Crippen LogP contribution in [0.2, 0.25) is 0 Å². The molecule has 0 amide bonds. The lowest BCUT2D eigenvalue weighted by Gasteiger charge is -2.02. The van der Waals surface area contributed by atoms with Crippen molar-refractivity contribution in [1.29, 1.82) is 0 Å². The summed E-state index contributed by atoms with van der Waals surface area (Å²) in [5, 5.41) is 18.8. The fourth-order valence-corrected chi connectivity index (χ4v) is 2.21. The molecule has 0 unspecified atom stereocenters. The van der Waals surface area contributed by atoms with Crippen LogP contribution in [-0.2, 0) is 0 Å². The van der Waals surface area contributed by atoms with E-state index in [0.29, 0.717) is 5.65 Å². The van der Waals surface area contributed by atoms with Crippen molar-refractivity contribution in [3.8, 4) is 11.6 Å². The molecular formula is C13H8N8O3. The average molecular weight is 324 g/mol. The molecule has 1 N–H and O–H groups in total. The lowest BCUT2D eigenvalue weighted by atomic mass is 10.3. The Hall–Kier alpha value is -3.89. The number of H-pyrrole nitrogens is 1. The number of rotatable bonds is 3.